The van der Waals surface area contributed by atoms with Crippen LogP contribution in [0, 0.1) is 0 Å². The molecule has 1 aliphatic heterocycles. The van der Waals surface area contributed by atoms with Gasteiger partial charge in [0, 0.05) is 41.5 Å². The molecule has 1 unspecified atom stereocenters. The number of furan rings is 1. The Morgan fingerprint density at radius 2 is 1.93 bits per heavy atom. The highest BCUT2D eigenvalue weighted by atomic mass is 16.4. The molecule has 2 aromatic heterocycles. The van der Waals surface area contributed by atoms with Crippen molar-refractivity contribution < 1.29 is 9.62 Å². The van der Waals surface area contributed by atoms with Crippen LogP contribution in [0.1, 0.15) is 42.1 Å². The van der Waals surface area contributed by atoms with Crippen molar-refractivity contribution in [3.8, 4) is 22.5 Å². The first kappa shape index (κ1) is 18.1. The summed E-state index contributed by atoms with van der Waals surface area (Å²) in [4.78, 5) is 6.54. The fourth-order valence-corrected chi connectivity index (χ4v) is 4.68. The Morgan fingerprint density at radius 3 is 2.72 bits per heavy atom. The summed E-state index contributed by atoms with van der Waals surface area (Å²) in [6.45, 7) is 2.18. The molecule has 1 aromatic carbocycles. The van der Waals surface area contributed by atoms with Crippen LogP contribution < -0.4 is 0 Å². The van der Waals surface area contributed by atoms with Crippen LogP contribution in [-0.4, -0.2) is 40.9 Å². The van der Waals surface area contributed by atoms with Crippen LogP contribution in [0.2, 0.25) is 0 Å². The minimum absolute atomic E-state index is 0.422. The van der Waals surface area contributed by atoms with Crippen LogP contribution in [0.3, 0.4) is 0 Å². The normalized spacial score (nSPS) is 20.9. The molecular weight excluding hydrogens is 362 g/mol. The molecule has 5 rings (SSSR count). The van der Waals surface area contributed by atoms with Gasteiger partial charge in [-0.05, 0) is 68.6 Å². The van der Waals surface area contributed by atoms with Gasteiger partial charge < -0.3 is 14.5 Å². The molecule has 5 heteroatoms. The molecule has 3 aromatic rings. The maximum Gasteiger partial charge on any atom is 0.142 e. The zero-order chi connectivity index (χ0) is 19.8. The van der Waals surface area contributed by atoms with Gasteiger partial charge in [0.2, 0.25) is 0 Å². The lowest BCUT2D eigenvalue weighted by atomic mass is 9.94. The molecule has 2 aliphatic rings. The predicted octanol–water partition coefficient (Wildman–Crippen LogP) is 4.94. The fraction of sp³-hybridized carbons (Fsp3) is 0.333. The number of hydrogen-bond donors (Lipinski definition) is 1. The summed E-state index contributed by atoms with van der Waals surface area (Å²) in [5, 5.41) is 12.7. The molecule has 1 N–H and O–H groups in total. The number of aryl methyl sites for hydroxylation is 1. The molecule has 0 bridgehead atoms. The van der Waals surface area contributed by atoms with E-state index < -0.39 is 0 Å². The van der Waals surface area contributed by atoms with Gasteiger partial charge in [0.25, 0.3) is 0 Å². The maximum atomic E-state index is 9.22. The zero-order valence-corrected chi connectivity index (χ0v) is 16.6. The highest BCUT2D eigenvalue weighted by molar-refractivity contribution is 6.04. The van der Waals surface area contributed by atoms with Crippen molar-refractivity contribution in [2.75, 3.05) is 20.1 Å². The third-order valence-electron chi connectivity index (χ3n) is 6.20. The Bertz CT molecular complexity index is 1060. The van der Waals surface area contributed by atoms with Crippen molar-refractivity contribution in [3.05, 3.63) is 65.7 Å². The van der Waals surface area contributed by atoms with E-state index in [1.54, 1.807) is 0 Å². The first-order chi connectivity index (χ1) is 14.2. The smallest absolute Gasteiger partial charge is 0.142 e. The van der Waals surface area contributed by atoms with E-state index in [1.165, 1.54) is 12.0 Å². The summed E-state index contributed by atoms with van der Waals surface area (Å²) in [6.07, 6.45) is 7.67. The van der Waals surface area contributed by atoms with Crippen molar-refractivity contribution in [3.63, 3.8) is 0 Å². The van der Waals surface area contributed by atoms with Crippen molar-refractivity contribution in [2.24, 2.45) is 5.16 Å². The number of nitrogens with zero attached hydrogens (tertiary/aromatic N) is 3. The largest absolute Gasteiger partial charge is 0.460 e. The number of piperidine rings is 1. The summed E-state index contributed by atoms with van der Waals surface area (Å²) in [5.74, 6) is 2.40. The number of aromatic nitrogens is 1. The van der Waals surface area contributed by atoms with Crippen molar-refractivity contribution in [1.82, 2.24) is 9.88 Å². The van der Waals surface area contributed by atoms with Crippen molar-refractivity contribution in [2.45, 2.75) is 31.6 Å². The standard InChI is InChI=1S/C24H25N3O2/c1-27-12-2-3-19(15-27)23-14-21(24(29-23)16-8-10-25-11-9-16)18-4-6-20-17(13-18)5-7-22(20)26-28/h4,6,8-11,13-14,19,28H,2-3,5,7,12,15H2,1H3/b26-22-. The summed E-state index contributed by atoms with van der Waals surface area (Å²) in [6, 6.07) is 12.6. The van der Waals surface area contributed by atoms with Crippen LogP contribution in [0.25, 0.3) is 22.5 Å². The Morgan fingerprint density at radius 1 is 1.07 bits per heavy atom. The van der Waals surface area contributed by atoms with E-state index in [-0.39, 0.29) is 0 Å². The molecule has 1 aliphatic carbocycles. The minimum Gasteiger partial charge on any atom is -0.460 e. The lowest BCUT2D eigenvalue weighted by molar-refractivity contribution is 0.235. The quantitative estimate of drug-likeness (QED) is 0.511. The van der Waals surface area contributed by atoms with Gasteiger partial charge in [-0.15, -0.1) is 0 Å². The van der Waals surface area contributed by atoms with Crippen LogP contribution in [0.5, 0.6) is 0 Å². The number of pyridine rings is 1. The summed E-state index contributed by atoms with van der Waals surface area (Å²) in [5.41, 5.74) is 6.38. The van der Waals surface area contributed by atoms with Crippen molar-refractivity contribution in [1.29, 1.82) is 0 Å². The highest BCUT2D eigenvalue weighted by Gasteiger charge is 2.26. The number of benzene rings is 1. The summed E-state index contributed by atoms with van der Waals surface area (Å²) < 4.78 is 6.49. The topological polar surface area (TPSA) is 61.9 Å². The van der Waals surface area contributed by atoms with Gasteiger partial charge in [0.05, 0.1) is 5.71 Å². The average Bonchev–Trinajstić information content (AvgIpc) is 3.38. The molecule has 1 atom stereocenters. The molecule has 0 spiro atoms. The van der Waals surface area contributed by atoms with E-state index in [0.29, 0.717) is 5.92 Å². The third-order valence-corrected chi connectivity index (χ3v) is 6.20. The number of likely N-dealkylation sites (tertiary alicyclic amines) is 1. The number of likely N-dealkylation sites (N-methyl/N-ethyl adjacent to an activating group) is 1. The number of oxime groups is 1. The second kappa shape index (κ2) is 7.48. The Balaban J connectivity index is 1.60. The maximum absolute atomic E-state index is 9.22. The minimum atomic E-state index is 0.422. The molecule has 0 amide bonds. The molecule has 148 valence electrons. The molecule has 3 heterocycles. The summed E-state index contributed by atoms with van der Waals surface area (Å²) >= 11 is 0. The van der Waals surface area contributed by atoms with Gasteiger partial charge >= 0.3 is 0 Å². The summed E-state index contributed by atoms with van der Waals surface area (Å²) in [7, 11) is 2.18. The van der Waals surface area contributed by atoms with E-state index in [9.17, 15) is 5.21 Å². The Labute approximate surface area is 170 Å². The molecule has 29 heavy (non-hydrogen) atoms. The molecule has 0 saturated carbocycles. The van der Waals surface area contributed by atoms with E-state index in [4.69, 9.17) is 4.42 Å². The van der Waals surface area contributed by atoms with Gasteiger partial charge in [-0.3, -0.25) is 4.98 Å². The Hall–Kier alpha value is -2.92. The number of fused-ring (bicyclic) bond motifs is 1. The average molecular weight is 387 g/mol. The van der Waals surface area contributed by atoms with Crippen LogP contribution in [-0.2, 0) is 6.42 Å². The van der Waals surface area contributed by atoms with E-state index in [0.717, 1.165) is 71.8 Å². The molecule has 1 fully saturated rings. The van der Waals surface area contributed by atoms with Gasteiger partial charge in [0.15, 0.2) is 0 Å². The second-order valence-corrected chi connectivity index (χ2v) is 8.15. The van der Waals surface area contributed by atoms with Crippen LogP contribution in [0.4, 0.5) is 0 Å². The van der Waals surface area contributed by atoms with E-state index >= 15 is 0 Å². The molecule has 5 nitrogen and oxygen atoms in total. The lowest BCUT2D eigenvalue weighted by Gasteiger charge is -2.28. The molecular formula is C24H25N3O2. The van der Waals surface area contributed by atoms with Gasteiger partial charge in [-0.25, -0.2) is 0 Å². The number of rotatable bonds is 3. The van der Waals surface area contributed by atoms with E-state index in [1.807, 2.05) is 24.5 Å². The second-order valence-electron chi connectivity index (χ2n) is 8.15. The Kier molecular flexibility index (Phi) is 4.68. The predicted molar refractivity (Wildman–Crippen MR) is 113 cm³/mol. The lowest BCUT2D eigenvalue weighted by Crippen LogP contribution is -2.30. The SMILES string of the molecule is CN1CCCC(c2cc(-c3ccc4c(c3)CC/C4=N/O)c(-c3ccncc3)o2)C1. The van der Waals surface area contributed by atoms with Gasteiger partial charge in [-0.1, -0.05) is 23.4 Å². The first-order valence-electron chi connectivity index (χ1n) is 10.3. The van der Waals surface area contributed by atoms with Crippen molar-refractivity contribution >= 4 is 5.71 Å². The number of hydrogen-bond acceptors (Lipinski definition) is 5. The highest BCUT2D eigenvalue weighted by Crippen LogP contribution is 2.40. The zero-order valence-electron chi connectivity index (χ0n) is 16.6. The molecule has 0 radical (unpaired) electrons. The molecule has 1 saturated heterocycles. The third kappa shape index (κ3) is 3.36. The van der Waals surface area contributed by atoms with Crippen LogP contribution >= 0.6 is 0 Å². The fourth-order valence-electron chi connectivity index (χ4n) is 4.68. The van der Waals surface area contributed by atoms with Crippen LogP contribution in [0.15, 0.2) is 58.4 Å². The van der Waals surface area contributed by atoms with Gasteiger partial charge in [-0.2, -0.15) is 0 Å². The van der Waals surface area contributed by atoms with Gasteiger partial charge in [0.1, 0.15) is 11.5 Å². The first-order valence-corrected chi connectivity index (χ1v) is 10.3. The van der Waals surface area contributed by atoms with E-state index in [2.05, 4.69) is 46.4 Å². The monoisotopic (exact) mass is 387 g/mol.